The summed E-state index contributed by atoms with van der Waals surface area (Å²) >= 11 is 0.955. The van der Waals surface area contributed by atoms with E-state index in [4.69, 9.17) is 0 Å². The zero-order chi connectivity index (χ0) is 19.7. The number of nitrogens with one attached hydrogen (secondary N) is 1. The van der Waals surface area contributed by atoms with Crippen molar-refractivity contribution in [1.82, 2.24) is 9.55 Å². The number of aryl methyl sites for hydroxylation is 1. The summed E-state index contributed by atoms with van der Waals surface area (Å²) in [6.45, 7) is 5.55. The number of benzene rings is 1. The predicted molar refractivity (Wildman–Crippen MR) is 105 cm³/mol. The first kappa shape index (κ1) is 18.8. The molecule has 27 heavy (non-hydrogen) atoms. The van der Waals surface area contributed by atoms with E-state index in [0.717, 1.165) is 11.3 Å². The summed E-state index contributed by atoms with van der Waals surface area (Å²) < 4.78 is 1.19. The Labute approximate surface area is 159 Å². The first-order chi connectivity index (χ1) is 12.8. The van der Waals surface area contributed by atoms with Gasteiger partial charge in [0.25, 0.3) is 5.56 Å². The van der Waals surface area contributed by atoms with Gasteiger partial charge in [0.2, 0.25) is 5.91 Å². The topological polar surface area (TPSA) is 101 Å². The molecule has 7 nitrogen and oxygen atoms in total. The minimum atomic E-state index is -1.09. The highest BCUT2D eigenvalue weighted by atomic mass is 32.1. The van der Waals surface area contributed by atoms with Crippen LogP contribution >= 0.6 is 11.3 Å². The third kappa shape index (κ3) is 3.75. The van der Waals surface area contributed by atoms with Gasteiger partial charge in [0, 0.05) is 5.69 Å². The lowest BCUT2D eigenvalue weighted by Crippen LogP contribution is -2.27. The number of anilines is 1. The van der Waals surface area contributed by atoms with Crippen molar-refractivity contribution in [2.75, 3.05) is 5.32 Å². The second kappa shape index (κ2) is 7.32. The highest BCUT2D eigenvalue weighted by molar-refractivity contribution is 7.20. The molecule has 0 saturated carbocycles. The molecule has 1 aromatic carbocycles. The smallest absolute Gasteiger partial charge is 0.346 e. The number of hydrogen-bond acceptors (Lipinski definition) is 5. The fraction of sp³-hybridized carbons (Fsp3) is 0.263. The summed E-state index contributed by atoms with van der Waals surface area (Å²) in [7, 11) is 0. The Morgan fingerprint density at radius 2 is 1.93 bits per heavy atom. The van der Waals surface area contributed by atoms with Crippen LogP contribution in [0.15, 0.2) is 35.4 Å². The Kier molecular flexibility index (Phi) is 5.09. The molecule has 140 valence electrons. The molecule has 8 heteroatoms. The first-order valence-electron chi connectivity index (χ1n) is 8.39. The second-order valence-corrected chi connectivity index (χ2v) is 7.54. The number of carbonyl (C=O) groups excluding carboxylic acids is 1. The van der Waals surface area contributed by atoms with Crippen LogP contribution in [-0.4, -0.2) is 26.5 Å². The van der Waals surface area contributed by atoms with Crippen LogP contribution in [-0.2, 0) is 11.3 Å². The summed E-state index contributed by atoms with van der Waals surface area (Å²) in [5, 5.41) is 12.2. The summed E-state index contributed by atoms with van der Waals surface area (Å²) in [6, 6.07) is 7.53. The molecule has 2 N–H and O–H groups in total. The summed E-state index contributed by atoms with van der Waals surface area (Å²) in [6.07, 6.45) is 1.27. The number of rotatable bonds is 5. The maximum Gasteiger partial charge on any atom is 0.346 e. The van der Waals surface area contributed by atoms with E-state index in [2.05, 4.69) is 24.1 Å². The lowest BCUT2D eigenvalue weighted by molar-refractivity contribution is -0.116. The second-order valence-electron chi connectivity index (χ2n) is 6.54. The van der Waals surface area contributed by atoms with Gasteiger partial charge in [-0.3, -0.25) is 14.2 Å². The van der Waals surface area contributed by atoms with E-state index in [9.17, 15) is 19.5 Å². The number of carboxylic acids is 1. The Morgan fingerprint density at radius 1 is 1.26 bits per heavy atom. The van der Waals surface area contributed by atoms with Gasteiger partial charge in [-0.05, 0) is 36.1 Å². The number of amides is 1. The summed E-state index contributed by atoms with van der Waals surface area (Å²) in [5.41, 5.74) is 1.76. The maximum absolute atomic E-state index is 12.6. The van der Waals surface area contributed by atoms with Crippen molar-refractivity contribution in [3.63, 3.8) is 0 Å². The van der Waals surface area contributed by atoms with Crippen molar-refractivity contribution < 1.29 is 14.7 Å². The Hall–Kier alpha value is -3.00. The third-order valence-corrected chi connectivity index (χ3v) is 5.47. The van der Waals surface area contributed by atoms with Gasteiger partial charge >= 0.3 is 5.97 Å². The third-order valence-electron chi connectivity index (χ3n) is 4.29. The number of fused-ring (bicyclic) bond motifs is 1. The molecule has 0 aliphatic rings. The van der Waals surface area contributed by atoms with Crippen LogP contribution in [0.3, 0.4) is 0 Å². The van der Waals surface area contributed by atoms with Gasteiger partial charge in [-0.15, -0.1) is 11.3 Å². The number of carbonyl (C=O) groups is 2. The predicted octanol–water partition coefficient (Wildman–Crippen LogP) is 3.23. The van der Waals surface area contributed by atoms with E-state index >= 15 is 0 Å². The average Bonchev–Trinajstić information content (AvgIpc) is 2.95. The van der Waals surface area contributed by atoms with Gasteiger partial charge < -0.3 is 10.4 Å². The minimum Gasteiger partial charge on any atom is -0.477 e. The SMILES string of the molecule is Cc1c(C(=O)O)sc2ncn(CC(=O)Nc3ccc(C(C)C)cc3)c(=O)c12. The molecule has 2 aromatic heterocycles. The standard InChI is InChI=1S/C19H19N3O4S/c1-10(2)12-4-6-13(7-5-12)21-14(23)8-22-9-20-17-15(18(22)24)11(3)16(27-17)19(25)26/h4-7,9-10H,8H2,1-3H3,(H,21,23)(H,25,26). The highest BCUT2D eigenvalue weighted by Crippen LogP contribution is 2.26. The summed E-state index contributed by atoms with van der Waals surface area (Å²) in [4.78, 5) is 40.8. The molecule has 0 bridgehead atoms. The van der Waals surface area contributed by atoms with Crippen LogP contribution in [0.5, 0.6) is 0 Å². The average molecular weight is 385 g/mol. The number of carboxylic acid groups (broad SMARTS) is 1. The maximum atomic E-state index is 12.6. The van der Waals surface area contributed by atoms with Gasteiger partial charge in [0.15, 0.2) is 0 Å². The first-order valence-corrected chi connectivity index (χ1v) is 9.21. The van der Waals surface area contributed by atoms with Crippen LogP contribution < -0.4 is 10.9 Å². The van der Waals surface area contributed by atoms with Crippen LogP contribution in [0.1, 0.15) is 40.6 Å². The van der Waals surface area contributed by atoms with E-state index in [1.807, 2.05) is 24.3 Å². The van der Waals surface area contributed by atoms with Crippen molar-refractivity contribution in [3.8, 4) is 0 Å². The van der Waals surface area contributed by atoms with E-state index in [1.165, 1.54) is 16.5 Å². The van der Waals surface area contributed by atoms with Gasteiger partial charge in [-0.1, -0.05) is 26.0 Å². The van der Waals surface area contributed by atoms with Gasteiger partial charge in [-0.25, -0.2) is 9.78 Å². The molecule has 0 aliphatic heterocycles. The lowest BCUT2D eigenvalue weighted by Gasteiger charge is -2.09. The van der Waals surface area contributed by atoms with Crippen molar-refractivity contribution in [2.24, 2.45) is 0 Å². The fourth-order valence-corrected chi connectivity index (χ4v) is 3.76. The molecule has 0 unspecified atom stereocenters. The molecule has 1 amide bonds. The van der Waals surface area contributed by atoms with E-state index in [-0.39, 0.29) is 22.7 Å². The molecule has 0 saturated heterocycles. The molecule has 3 rings (SSSR count). The number of hydrogen-bond donors (Lipinski definition) is 2. The quantitative estimate of drug-likeness (QED) is 0.702. The van der Waals surface area contributed by atoms with Crippen molar-refractivity contribution in [3.05, 3.63) is 57.0 Å². The molecular formula is C19H19N3O4S. The number of aromatic nitrogens is 2. The molecule has 3 aromatic rings. The van der Waals surface area contributed by atoms with E-state index in [0.29, 0.717) is 22.0 Å². The molecular weight excluding hydrogens is 366 g/mol. The number of thiophene rings is 1. The van der Waals surface area contributed by atoms with Crippen LogP contribution in [0.2, 0.25) is 0 Å². The normalized spacial score (nSPS) is 11.1. The zero-order valence-corrected chi connectivity index (χ0v) is 16.0. The molecule has 0 radical (unpaired) electrons. The molecule has 2 heterocycles. The Morgan fingerprint density at radius 3 is 2.52 bits per heavy atom. The van der Waals surface area contributed by atoms with Crippen molar-refractivity contribution >= 4 is 39.1 Å². The fourth-order valence-electron chi connectivity index (χ4n) is 2.78. The van der Waals surface area contributed by atoms with E-state index < -0.39 is 11.5 Å². The Balaban J connectivity index is 1.82. The van der Waals surface area contributed by atoms with Gasteiger partial charge in [0.05, 0.1) is 11.7 Å². The van der Waals surface area contributed by atoms with Crippen LogP contribution in [0.4, 0.5) is 5.69 Å². The van der Waals surface area contributed by atoms with Crippen molar-refractivity contribution in [1.29, 1.82) is 0 Å². The van der Waals surface area contributed by atoms with Gasteiger partial charge in [0.1, 0.15) is 16.3 Å². The number of nitrogens with zero attached hydrogens (tertiary/aromatic N) is 2. The Bertz CT molecular complexity index is 1080. The van der Waals surface area contributed by atoms with Crippen molar-refractivity contribution in [2.45, 2.75) is 33.2 Å². The number of aromatic carboxylic acids is 1. The molecule has 0 spiro atoms. The summed E-state index contributed by atoms with van der Waals surface area (Å²) in [5.74, 6) is -1.05. The van der Waals surface area contributed by atoms with Crippen LogP contribution in [0.25, 0.3) is 10.2 Å². The van der Waals surface area contributed by atoms with Gasteiger partial charge in [-0.2, -0.15) is 0 Å². The van der Waals surface area contributed by atoms with Crippen LogP contribution in [0, 0.1) is 6.92 Å². The monoisotopic (exact) mass is 385 g/mol. The minimum absolute atomic E-state index is 0.0852. The highest BCUT2D eigenvalue weighted by Gasteiger charge is 2.19. The zero-order valence-electron chi connectivity index (χ0n) is 15.1. The lowest BCUT2D eigenvalue weighted by atomic mass is 10.0. The van der Waals surface area contributed by atoms with E-state index in [1.54, 1.807) is 6.92 Å². The molecule has 0 atom stereocenters. The largest absolute Gasteiger partial charge is 0.477 e. The molecule has 0 aliphatic carbocycles. The molecule has 0 fully saturated rings.